The number of pyridine rings is 1. The summed E-state index contributed by atoms with van der Waals surface area (Å²) in [5.41, 5.74) is 0.394. The number of nitrogens with zero attached hydrogens (tertiary/aromatic N) is 1. The summed E-state index contributed by atoms with van der Waals surface area (Å²) in [6.45, 7) is 0. The van der Waals surface area contributed by atoms with Gasteiger partial charge >= 0.3 is 0 Å². The molecule has 0 atom stereocenters. The molecule has 0 saturated carbocycles. The topological polar surface area (TPSA) is 31.4 Å². The van der Waals surface area contributed by atoms with Crippen molar-refractivity contribution in [3.05, 3.63) is 35.5 Å². The zero-order valence-electron chi connectivity index (χ0n) is 7.87. The average Bonchev–Trinajstić information content (AvgIpc) is 2.22. The van der Waals surface area contributed by atoms with E-state index in [0.29, 0.717) is 10.7 Å². The first-order chi connectivity index (χ1) is 6.68. The zero-order chi connectivity index (χ0) is 10.6. The summed E-state index contributed by atoms with van der Waals surface area (Å²) in [5.74, 6) is 0.773. The summed E-state index contributed by atoms with van der Waals surface area (Å²) in [4.78, 5) is 4.01. The van der Waals surface area contributed by atoms with Crippen LogP contribution in [-0.4, -0.2) is 19.2 Å². The molecule has 0 unspecified atom stereocenters. The molecule has 1 heterocycles. The highest BCUT2D eigenvalue weighted by atomic mass is 35.5. The molecule has 3 nitrogen and oxygen atoms in total. The molecule has 0 amide bonds. The molecule has 1 aromatic heterocycles. The van der Waals surface area contributed by atoms with Gasteiger partial charge < -0.3 is 9.47 Å². The lowest BCUT2D eigenvalue weighted by Crippen LogP contribution is -2.29. The second kappa shape index (κ2) is 4.43. The van der Waals surface area contributed by atoms with Crippen LogP contribution >= 0.6 is 11.6 Å². The lowest BCUT2D eigenvalue weighted by atomic mass is 10.2. The maximum Gasteiger partial charge on any atom is 0.279 e. The van der Waals surface area contributed by atoms with Gasteiger partial charge in [0.25, 0.3) is 5.79 Å². The van der Waals surface area contributed by atoms with Crippen molar-refractivity contribution < 1.29 is 9.47 Å². The Bertz CT molecular complexity index is 355. The number of hydrogen-bond donors (Lipinski definition) is 0. The average molecular weight is 211 g/mol. The van der Waals surface area contributed by atoms with Crippen LogP contribution in [-0.2, 0) is 15.3 Å². The molecule has 1 aromatic rings. The van der Waals surface area contributed by atoms with E-state index in [9.17, 15) is 0 Å². The molecule has 0 aliphatic rings. The number of halogens is 1. The molecule has 1 rings (SSSR count). The Labute approximate surface area is 88.0 Å². The highest BCUT2D eigenvalue weighted by Crippen LogP contribution is 2.24. The van der Waals surface area contributed by atoms with E-state index in [4.69, 9.17) is 27.5 Å². The van der Waals surface area contributed by atoms with Crippen LogP contribution in [0.5, 0.6) is 0 Å². The first-order valence-electron chi connectivity index (χ1n) is 3.84. The predicted octanol–water partition coefficient (Wildman–Crippen LogP) is 1.77. The quantitative estimate of drug-likeness (QED) is 0.563. The normalized spacial score (nSPS) is 11.0. The van der Waals surface area contributed by atoms with Gasteiger partial charge in [0.2, 0.25) is 0 Å². The van der Waals surface area contributed by atoms with Crippen molar-refractivity contribution in [3.63, 3.8) is 0 Å². The Morgan fingerprint density at radius 3 is 2.57 bits per heavy atom. The summed E-state index contributed by atoms with van der Waals surface area (Å²) >= 11 is 5.78. The fraction of sp³-hybridized carbons (Fsp3) is 0.300. The van der Waals surface area contributed by atoms with Gasteiger partial charge in [0, 0.05) is 25.4 Å². The van der Waals surface area contributed by atoms with Crippen LogP contribution in [0, 0.1) is 12.3 Å². The first-order valence-corrected chi connectivity index (χ1v) is 4.22. The SMILES string of the molecule is [C]#CC(OC)(OC)c1cc(Cl)ccn1. The second-order valence-electron chi connectivity index (χ2n) is 2.51. The molecular formula is C10H9ClNO2. The van der Waals surface area contributed by atoms with Crippen LogP contribution in [0.15, 0.2) is 18.3 Å². The highest BCUT2D eigenvalue weighted by molar-refractivity contribution is 6.30. The van der Waals surface area contributed by atoms with Gasteiger partial charge in [-0.3, -0.25) is 4.98 Å². The van der Waals surface area contributed by atoms with E-state index in [1.807, 2.05) is 0 Å². The third-order valence-electron chi connectivity index (χ3n) is 1.80. The Hall–Kier alpha value is -1.08. The van der Waals surface area contributed by atoms with Crippen LogP contribution in [0.3, 0.4) is 0 Å². The summed E-state index contributed by atoms with van der Waals surface area (Å²) < 4.78 is 10.1. The van der Waals surface area contributed by atoms with Crippen LogP contribution in [0.1, 0.15) is 5.69 Å². The molecule has 1 radical (unpaired) electrons. The molecule has 4 heteroatoms. The van der Waals surface area contributed by atoms with E-state index >= 15 is 0 Å². The zero-order valence-corrected chi connectivity index (χ0v) is 8.63. The summed E-state index contributed by atoms with van der Waals surface area (Å²) in [5, 5.41) is 0.503. The third kappa shape index (κ3) is 1.88. The Kier molecular flexibility index (Phi) is 3.48. The van der Waals surface area contributed by atoms with Gasteiger partial charge in [-0.1, -0.05) is 11.6 Å². The van der Waals surface area contributed by atoms with E-state index in [1.54, 1.807) is 12.1 Å². The van der Waals surface area contributed by atoms with Gasteiger partial charge in [-0.05, 0) is 24.5 Å². The Morgan fingerprint density at radius 2 is 2.14 bits per heavy atom. The molecule has 0 aromatic carbocycles. The second-order valence-corrected chi connectivity index (χ2v) is 2.95. The maximum atomic E-state index is 7.13. The van der Waals surface area contributed by atoms with Gasteiger partial charge in [0.05, 0.1) is 0 Å². The number of ether oxygens (including phenoxy) is 2. The number of hydrogen-bond acceptors (Lipinski definition) is 3. The standard InChI is InChI=1S/C10H9ClNO2/c1-4-10(13-2,14-3)9-7-8(11)5-6-12-9/h5-7H,2-3H3. The van der Waals surface area contributed by atoms with Gasteiger partial charge in [-0.25, -0.2) is 0 Å². The molecule has 0 aliphatic heterocycles. The Balaban J connectivity index is 3.19. The third-order valence-corrected chi connectivity index (χ3v) is 2.03. The molecule has 0 fully saturated rings. The minimum atomic E-state index is -1.37. The summed E-state index contributed by atoms with van der Waals surface area (Å²) in [7, 11) is 2.82. The molecular weight excluding hydrogens is 202 g/mol. The summed E-state index contributed by atoms with van der Waals surface area (Å²) in [6.07, 6.45) is 8.65. The van der Waals surface area contributed by atoms with Gasteiger partial charge in [0.1, 0.15) is 5.69 Å². The van der Waals surface area contributed by atoms with E-state index in [0.717, 1.165) is 0 Å². The minimum absolute atomic E-state index is 0.394. The predicted molar refractivity (Wildman–Crippen MR) is 52.1 cm³/mol. The monoisotopic (exact) mass is 210 g/mol. The van der Waals surface area contributed by atoms with Crippen molar-refractivity contribution >= 4 is 11.6 Å². The summed E-state index contributed by atoms with van der Waals surface area (Å²) in [6, 6.07) is 3.20. The fourth-order valence-electron chi connectivity index (χ4n) is 1.04. The van der Waals surface area contributed by atoms with E-state index < -0.39 is 5.79 Å². The van der Waals surface area contributed by atoms with Crippen molar-refractivity contribution in [3.8, 4) is 5.92 Å². The van der Waals surface area contributed by atoms with Gasteiger partial charge in [0.15, 0.2) is 0 Å². The van der Waals surface area contributed by atoms with Gasteiger partial charge in [-0.2, -0.15) is 0 Å². The molecule has 0 N–H and O–H groups in total. The lowest BCUT2D eigenvalue weighted by Gasteiger charge is -2.23. The smallest absolute Gasteiger partial charge is 0.279 e. The van der Waals surface area contributed by atoms with Crippen molar-refractivity contribution in [2.45, 2.75) is 5.79 Å². The largest absolute Gasteiger partial charge is 0.338 e. The maximum absolute atomic E-state index is 7.13. The fourth-order valence-corrected chi connectivity index (χ4v) is 1.20. The number of aromatic nitrogens is 1. The lowest BCUT2D eigenvalue weighted by molar-refractivity contribution is -0.172. The van der Waals surface area contributed by atoms with E-state index in [-0.39, 0.29) is 0 Å². The van der Waals surface area contributed by atoms with Crippen LogP contribution in [0.4, 0.5) is 0 Å². The van der Waals surface area contributed by atoms with Crippen LogP contribution < -0.4 is 0 Å². The van der Waals surface area contributed by atoms with Crippen molar-refractivity contribution in [1.29, 1.82) is 0 Å². The van der Waals surface area contributed by atoms with Crippen molar-refractivity contribution in [2.75, 3.05) is 14.2 Å². The molecule has 0 bridgehead atoms. The molecule has 0 saturated heterocycles. The highest BCUT2D eigenvalue weighted by Gasteiger charge is 2.31. The molecule has 73 valence electrons. The number of methoxy groups -OCH3 is 2. The van der Waals surface area contributed by atoms with Gasteiger partial charge in [-0.15, -0.1) is 0 Å². The van der Waals surface area contributed by atoms with Crippen LogP contribution in [0.25, 0.3) is 0 Å². The van der Waals surface area contributed by atoms with Crippen molar-refractivity contribution in [1.82, 2.24) is 4.98 Å². The molecule has 14 heavy (non-hydrogen) atoms. The Morgan fingerprint density at radius 1 is 1.50 bits per heavy atom. The van der Waals surface area contributed by atoms with E-state index in [2.05, 4.69) is 10.9 Å². The minimum Gasteiger partial charge on any atom is -0.338 e. The molecule has 0 aliphatic carbocycles. The molecule has 0 spiro atoms. The van der Waals surface area contributed by atoms with Crippen LogP contribution in [0.2, 0.25) is 5.02 Å². The number of rotatable bonds is 3. The van der Waals surface area contributed by atoms with E-state index in [1.165, 1.54) is 20.4 Å². The first kappa shape index (κ1) is 11.0. The van der Waals surface area contributed by atoms with Crippen molar-refractivity contribution in [2.24, 2.45) is 0 Å².